The molecule has 9 heteroatoms. The molecule has 0 rings (SSSR count). The summed E-state index contributed by atoms with van der Waals surface area (Å²) >= 11 is 0. The number of nitrogens with zero attached hydrogens (tertiary/aromatic N) is 1. The van der Waals surface area contributed by atoms with Crippen molar-refractivity contribution in [3.05, 3.63) is 36.5 Å². The number of allylic oxidation sites excluding steroid dienone is 6. The number of quaternary nitrogens is 1. The maximum absolute atomic E-state index is 12.9. The Balaban J connectivity index is 3.95. The molecule has 0 spiro atoms. The molecule has 0 radical (unpaired) electrons. The minimum absolute atomic E-state index is 0.0133. The van der Waals surface area contributed by atoms with Crippen LogP contribution in [-0.2, 0) is 18.4 Å². The van der Waals surface area contributed by atoms with Gasteiger partial charge in [0.05, 0.1) is 39.9 Å². The van der Waals surface area contributed by atoms with E-state index in [2.05, 4.69) is 55.6 Å². The molecule has 0 aromatic heterocycles. The van der Waals surface area contributed by atoms with Crippen LogP contribution in [0.15, 0.2) is 36.5 Å². The summed E-state index contributed by atoms with van der Waals surface area (Å²) in [6.45, 7) is 4.71. The summed E-state index contributed by atoms with van der Waals surface area (Å²) < 4.78 is 23.3. The minimum Gasteiger partial charge on any atom is -0.756 e. The summed E-state index contributed by atoms with van der Waals surface area (Å²) in [5.41, 5.74) is 0. The van der Waals surface area contributed by atoms with Crippen LogP contribution in [0.25, 0.3) is 0 Å². The lowest BCUT2D eigenvalue weighted by atomic mass is 10.0. The minimum atomic E-state index is -4.56. The van der Waals surface area contributed by atoms with Gasteiger partial charge in [0.25, 0.3) is 7.82 Å². The Labute approximate surface area is 410 Å². The lowest BCUT2D eigenvalue weighted by Gasteiger charge is -2.30. The van der Waals surface area contributed by atoms with E-state index in [1.54, 1.807) is 0 Å². The van der Waals surface area contributed by atoms with Crippen molar-refractivity contribution >= 4 is 13.7 Å². The van der Waals surface area contributed by atoms with E-state index in [9.17, 15) is 19.4 Å². The third-order valence-electron chi connectivity index (χ3n) is 12.9. The molecule has 0 aromatic rings. The summed E-state index contributed by atoms with van der Waals surface area (Å²) in [6.07, 6.45) is 61.9. The van der Waals surface area contributed by atoms with Gasteiger partial charge in [0.1, 0.15) is 13.2 Å². The Morgan fingerprint density at radius 2 is 0.879 bits per heavy atom. The van der Waals surface area contributed by atoms with E-state index in [-0.39, 0.29) is 19.1 Å². The van der Waals surface area contributed by atoms with Gasteiger partial charge in [0, 0.05) is 6.42 Å². The highest BCUT2D eigenvalue weighted by Gasteiger charge is 2.24. The van der Waals surface area contributed by atoms with Crippen LogP contribution in [0, 0.1) is 0 Å². The summed E-state index contributed by atoms with van der Waals surface area (Å²) in [5.74, 6) is -0.163. The molecule has 3 atom stereocenters. The molecule has 0 bridgehead atoms. The fourth-order valence-electron chi connectivity index (χ4n) is 8.40. The fraction of sp³-hybridized carbons (Fsp3) is 0.877. The smallest absolute Gasteiger partial charge is 0.268 e. The number of rotatable bonds is 52. The summed E-state index contributed by atoms with van der Waals surface area (Å²) in [5, 5.41) is 13.9. The Bertz CT molecular complexity index is 1170. The van der Waals surface area contributed by atoms with E-state index in [0.717, 1.165) is 51.4 Å². The third kappa shape index (κ3) is 50.6. The molecule has 2 N–H and O–H groups in total. The van der Waals surface area contributed by atoms with Gasteiger partial charge in [-0.25, -0.2) is 0 Å². The normalized spacial score (nSPS) is 14.2. The van der Waals surface area contributed by atoms with Crippen LogP contribution in [0.3, 0.4) is 0 Å². The molecule has 8 nitrogen and oxygen atoms in total. The quantitative estimate of drug-likeness (QED) is 0.0272. The summed E-state index contributed by atoms with van der Waals surface area (Å²) in [6, 6.07) is -0.797. The van der Waals surface area contributed by atoms with Gasteiger partial charge in [-0.15, -0.1) is 0 Å². The predicted octanol–water partition coefficient (Wildman–Crippen LogP) is 16.4. The molecule has 0 aliphatic rings. The highest BCUT2D eigenvalue weighted by Crippen LogP contribution is 2.38. The van der Waals surface area contributed by atoms with Crippen LogP contribution in [0.4, 0.5) is 0 Å². The maximum Gasteiger partial charge on any atom is 0.268 e. The lowest BCUT2D eigenvalue weighted by Crippen LogP contribution is -2.46. The van der Waals surface area contributed by atoms with E-state index >= 15 is 0 Å². The Kier molecular flexibility index (Phi) is 47.8. The average Bonchev–Trinajstić information content (AvgIpc) is 3.28. The van der Waals surface area contributed by atoms with Crippen LogP contribution in [-0.4, -0.2) is 68.5 Å². The molecule has 0 aliphatic heterocycles. The molecule has 1 amide bonds. The second-order valence-electron chi connectivity index (χ2n) is 20.6. The van der Waals surface area contributed by atoms with Crippen LogP contribution in [0.1, 0.15) is 271 Å². The number of unbranched alkanes of at least 4 members (excludes halogenated alkanes) is 33. The first-order valence-corrected chi connectivity index (χ1v) is 29.8. The highest BCUT2D eigenvalue weighted by atomic mass is 31.2. The number of likely N-dealkylation sites (N-methyl/N-ethyl adjacent to an activating group) is 1. The largest absolute Gasteiger partial charge is 0.756 e. The van der Waals surface area contributed by atoms with E-state index in [4.69, 9.17) is 9.05 Å². The van der Waals surface area contributed by atoms with Gasteiger partial charge in [-0.05, 0) is 51.4 Å². The Hall–Kier alpha value is -1.28. The molecule has 0 heterocycles. The van der Waals surface area contributed by atoms with Crippen molar-refractivity contribution in [2.24, 2.45) is 0 Å². The van der Waals surface area contributed by atoms with Gasteiger partial charge in [0.15, 0.2) is 0 Å². The third-order valence-corrected chi connectivity index (χ3v) is 13.8. The van der Waals surface area contributed by atoms with Gasteiger partial charge < -0.3 is 28.8 Å². The molecule has 0 fully saturated rings. The SMILES string of the molecule is CCCCCCC/C=C\C/C=C\C/C=C\CCCCCCCCCCCCCCCCCCCCC(=O)NC(COP(=O)([O-])OCC[N+](C)(C)C)C(O)CCCCCCCCCCCCC. The van der Waals surface area contributed by atoms with Gasteiger partial charge in [-0.1, -0.05) is 249 Å². The van der Waals surface area contributed by atoms with Gasteiger partial charge in [-0.2, -0.15) is 0 Å². The zero-order valence-corrected chi connectivity index (χ0v) is 45.3. The molecular formula is C57H111N2O6P. The Morgan fingerprint density at radius 3 is 1.27 bits per heavy atom. The Morgan fingerprint density at radius 1 is 0.530 bits per heavy atom. The van der Waals surface area contributed by atoms with Crippen molar-refractivity contribution in [3.63, 3.8) is 0 Å². The van der Waals surface area contributed by atoms with Gasteiger partial charge >= 0.3 is 0 Å². The van der Waals surface area contributed by atoms with E-state index in [1.165, 1.54) is 193 Å². The van der Waals surface area contributed by atoms with Crippen LogP contribution in [0.2, 0.25) is 0 Å². The molecule has 66 heavy (non-hydrogen) atoms. The maximum atomic E-state index is 12.9. The van der Waals surface area contributed by atoms with E-state index in [1.807, 2.05) is 21.1 Å². The molecule has 0 saturated carbocycles. The van der Waals surface area contributed by atoms with E-state index < -0.39 is 20.0 Å². The molecular weight excluding hydrogens is 840 g/mol. The molecule has 3 unspecified atom stereocenters. The average molecular weight is 951 g/mol. The summed E-state index contributed by atoms with van der Waals surface area (Å²) in [7, 11) is 1.31. The fourth-order valence-corrected chi connectivity index (χ4v) is 9.12. The molecule has 390 valence electrons. The first-order valence-electron chi connectivity index (χ1n) is 28.3. The lowest BCUT2D eigenvalue weighted by molar-refractivity contribution is -0.870. The van der Waals surface area contributed by atoms with Crippen molar-refractivity contribution in [1.29, 1.82) is 0 Å². The zero-order valence-electron chi connectivity index (χ0n) is 44.4. The van der Waals surface area contributed by atoms with Gasteiger partial charge in [0.2, 0.25) is 5.91 Å². The highest BCUT2D eigenvalue weighted by molar-refractivity contribution is 7.45. The van der Waals surface area contributed by atoms with Crippen molar-refractivity contribution in [3.8, 4) is 0 Å². The first-order chi connectivity index (χ1) is 32.0. The van der Waals surface area contributed by atoms with Crippen molar-refractivity contribution in [2.45, 2.75) is 283 Å². The van der Waals surface area contributed by atoms with Crippen LogP contribution < -0.4 is 10.2 Å². The second-order valence-corrected chi connectivity index (χ2v) is 22.1. The zero-order chi connectivity index (χ0) is 48.5. The first kappa shape index (κ1) is 64.7. The number of carbonyl (C=O) groups excluding carboxylic acids is 1. The number of phosphoric ester groups is 1. The van der Waals surface area contributed by atoms with Crippen LogP contribution in [0.5, 0.6) is 0 Å². The number of aliphatic hydroxyl groups excluding tert-OH is 1. The molecule has 0 aliphatic carbocycles. The molecule has 0 saturated heterocycles. The standard InChI is InChI=1S/C57H111N2O6P/c1-6-8-10-12-14-16-18-19-20-21-22-23-24-25-26-27-28-29-30-31-32-33-34-35-36-37-38-39-41-43-45-47-49-51-57(61)58-55(54-65-66(62,63)64-53-52-59(3,4)5)56(60)50-48-46-44-42-40-17-15-13-11-9-7-2/h18-19,21-22,24-25,55-56,60H,6-17,20,23,26-54H2,1-5H3,(H-,58,61,62,63)/b19-18-,22-21-,25-24-. The van der Waals surface area contributed by atoms with Crippen LogP contribution >= 0.6 is 7.82 Å². The predicted molar refractivity (Wildman–Crippen MR) is 284 cm³/mol. The number of aliphatic hydroxyl groups is 1. The van der Waals surface area contributed by atoms with Crippen molar-refractivity contribution < 1.29 is 32.9 Å². The van der Waals surface area contributed by atoms with Crippen molar-refractivity contribution in [2.75, 3.05) is 40.9 Å². The number of hydrogen-bond donors (Lipinski definition) is 2. The molecule has 0 aromatic carbocycles. The summed E-state index contributed by atoms with van der Waals surface area (Å²) in [4.78, 5) is 25.4. The van der Waals surface area contributed by atoms with Crippen molar-refractivity contribution in [1.82, 2.24) is 5.32 Å². The monoisotopic (exact) mass is 951 g/mol. The number of nitrogens with one attached hydrogen (secondary N) is 1. The number of carbonyl (C=O) groups is 1. The van der Waals surface area contributed by atoms with E-state index in [0.29, 0.717) is 23.9 Å². The topological polar surface area (TPSA) is 108 Å². The number of phosphoric acid groups is 1. The number of hydrogen-bond acceptors (Lipinski definition) is 6. The number of amides is 1. The second kappa shape index (κ2) is 48.7. The van der Waals surface area contributed by atoms with Gasteiger partial charge in [-0.3, -0.25) is 9.36 Å².